The number of nitrogens with one attached hydrogen (secondary N) is 1. The van der Waals surface area contributed by atoms with Crippen molar-refractivity contribution in [3.05, 3.63) is 94.0 Å². The molecule has 0 heterocycles. The molecular weight excluding hydrogens is 569 g/mol. The number of unbranched alkanes of at least 4 members (excludes halogenated alkanes) is 1. The molecule has 0 fully saturated rings. The Morgan fingerprint density at radius 2 is 1.62 bits per heavy atom. The first kappa shape index (κ1) is 31.5. The van der Waals surface area contributed by atoms with Crippen molar-refractivity contribution in [2.24, 2.45) is 0 Å². The largest absolute Gasteiger partial charge is 0.354 e. The average molecular weight is 605 g/mol. The van der Waals surface area contributed by atoms with E-state index in [2.05, 4.69) is 5.32 Å². The van der Waals surface area contributed by atoms with Crippen molar-refractivity contribution in [1.29, 1.82) is 0 Å². The molecule has 0 bridgehead atoms. The summed E-state index contributed by atoms with van der Waals surface area (Å²) in [6.45, 7) is 5.73. The summed E-state index contributed by atoms with van der Waals surface area (Å²) in [7, 11) is -4.15. The van der Waals surface area contributed by atoms with E-state index < -0.39 is 28.5 Å². The summed E-state index contributed by atoms with van der Waals surface area (Å²) >= 11 is 12.4. The summed E-state index contributed by atoms with van der Waals surface area (Å²) in [4.78, 5) is 28.7. The van der Waals surface area contributed by atoms with Gasteiger partial charge in [-0.2, -0.15) is 0 Å². The first-order valence-electron chi connectivity index (χ1n) is 13.2. The lowest BCUT2D eigenvalue weighted by Gasteiger charge is -2.33. The van der Waals surface area contributed by atoms with Gasteiger partial charge in [-0.3, -0.25) is 13.9 Å². The highest BCUT2D eigenvalue weighted by atomic mass is 35.5. The van der Waals surface area contributed by atoms with Gasteiger partial charge in [0.25, 0.3) is 10.0 Å². The third kappa shape index (κ3) is 7.99. The highest BCUT2D eigenvalue weighted by Crippen LogP contribution is 2.28. The summed E-state index contributed by atoms with van der Waals surface area (Å²) in [6, 6.07) is 18.9. The van der Waals surface area contributed by atoms with Gasteiger partial charge >= 0.3 is 0 Å². The Kier molecular flexibility index (Phi) is 11.4. The van der Waals surface area contributed by atoms with E-state index in [1.165, 1.54) is 23.1 Å². The number of amides is 2. The second-order valence-electron chi connectivity index (χ2n) is 9.47. The maximum atomic E-state index is 14.0. The molecule has 0 saturated carbocycles. The minimum Gasteiger partial charge on any atom is -0.354 e. The van der Waals surface area contributed by atoms with Crippen LogP contribution in [-0.2, 0) is 26.2 Å². The molecule has 1 unspecified atom stereocenters. The molecule has 3 aromatic rings. The molecule has 0 spiro atoms. The van der Waals surface area contributed by atoms with Crippen LogP contribution in [-0.4, -0.2) is 44.3 Å². The maximum Gasteiger partial charge on any atom is 0.264 e. The molecule has 3 aromatic carbocycles. The fraction of sp³-hybridized carbons (Fsp3) is 0.333. The Morgan fingerprint density at radius 3 is 2.23 bits per heavy atom. The Balaban J connectivity index is 2.04. The topological polar surface area (TPSA) is 86.8 Å². The highest BCUT2D eigenvalue weighted by Gasteiger charge is 2.33. The summed E-state index contributed by atoms with van der Waals surface area (Å²) in [6.07, 6.45) is 2.07. The number of carbonyl (C=O) groups is 2. The maximum absolute atomic E-state index is 14.0. The summed E-state index contributed by atoms with van der Waals surface area (Å²) < 4.78 is 28.7. The molecule has 214 valence electrons. The van der Waals surface area contributed by atoms with Gasteiger partial charge in [0.15, 0.2) is 0 Å². The summed E-state index contributed by atoms with van der Waals surface area (Å²) in [5, 5.41) is 3.83. The number of rotatable bonds is 13. The van der Waals surface area contributed by atoms with Gasteiger partial charge in [-0.25, -0.2) is 8.42 Å². The quantitative estimate of drug-likeness (QED) is 0.235. The van der Waals surface area contributed by atoms with Crippen molar-refractivity contribution in [3.63, 3.8) is 0 Å². The second kappa shape index (κ2) is 14.5. The lowest BCUT2D eigenvalue weighted by molar-refractivity contribution is -0.140. The molecule has 10 heteroatoms. The van der Waals surface area contributed by atoms with Crippen LogP contribution in [0.25, 0.3) is 0 Å². The number of anilines is 1. The molecule has 1 N–H and O–H groups in total. The molecule has 0 saturated heterocycles. The van der Waals surface area contributed by atoms with Crippen molar-refractivity contribution in [2.45, 2.75) is 57.5 Å². The molecule has 0 aliphatic carbocycles. The molecule has 0 aliphatic rings. The smallest absolute Gasteiger partial charge is 0.264 e. The van der Waals surface area contributed by atoms with Crippen LogP contribution in [0.3, 0.4) is 0 Å². The van der Waals surface area contributed by atoms with Crippen LogP contribution in [0.5, 0.6) is 0 Å². The van der Waals surface area contributed by atoms with E-state index in [-0.39, 0.29) is 23.0 Å². The SMILES string of the molecule is CCCCNC(=O)C(CC)N(Cc1ccc(Cl)cc1)C(=O)CN(c1ccc(C)c(Cl)c1)S(=O)(=O)c1ccccc1. The predicted octanol–water partition coefficient (Wildman–Crippen LogP) is 6.22. The van der Waals surface area contributed by atoms with Crippen molar-refractivity contribution in [2.75, 3.05) is 17.4 Å². The van der Waals surface area contributed by atoms with E-state index in [0.29, 0.717) is 23.0 Å². The van der Waals surface area contributed by atoms with Crippen LogP contribution < -0.4 is 9.62 Å². The van der Waals surface area contributed by atoms with Gasteiger partial charge in [0.2, 0.25) is 11.8 Å². The monoisotopic (exact) mass is 603 g/mol. The summed E-state index contributed by atoms with van der Waals surface area (Å²) in [5.74, 6) is -0.808. The molecule has 0 aliphatic heterocycles. The number of hydrogen-bond donors (Lipinski definition) is 1. The van der Waals surface area contributed by atoms with Gasteiger partial charge in [0, 0.05) is 23.1 Å². The Labute approximate surface area is 247 Å². The standard InChI is InChI=1S/C30H35Cl2N3O4S/c1-4-6-18-33-30(37)28(5-2)34(20-23-13-15-24(31)16-14-23)29(36)21-35(25-17-12-22(3)27(32)19-25)40(38,39)26-10-8-7-9-11-26/h7-17,19,28H,4-6,18,20-21H2,1-3H3,(H,33,37). The fourth-order valence-electron chi connectivity index (χ4n) is 4.20. The average Bonchev–Trinajstić information content (AvgIpc) is 2.94. The molecular formula is C30H35Cl2N3O4S. The Hall–Kier alpha value is -3.07. The lowest BCUT2D eigenvalue weighted by atomic mass is 10.1. The van der Waals surface area contributed by atoms with Gasteiger partial charge in [-0.05, 0) is 67.3 Å². The normalized spacial score (nSPS) is 12.0. The third-order valence-corrected chi connectivity index (χ3v) is 8.98. The van der Waals surface area contributed by atoms with Gasteiger partial charge in [-0.15, -0.1) is 0 Å². The first-order valence-corrected chi connectivity index (χ1v) is 15.4. The number of sulfonamides is 1. The zero-order chi connectivity index (χ0) is 29.3. The molecule has 40 heavy (non-hydrogen) atoms. The highest BCUT2D eigenvalue weighted by molar-refractivity contribution is 7.92. The summed E-state index contributed by atoms with van der Waals surface area (Å²) in [5.41, 5.74) is 1.78. The molecule has 0 aromatic heterocycles. The van der Waals surface area contributed by atoms with Crippen LogP contribution in [0.4, 0.5) is 5.69 Å². The van der Waals surface area contributed by atoms with Gasteiger partial charge in [0.05, 0.1) is 10.6 Å². The lowest BCUT2D eigenvalue weighted by Crippen LogP contribution is -2.52. The number of hydrogen-bond acceptors (Lipinski definition) is 4. The second-order valence-corrected chi connectivity index (χ2v) is 12.2. The van der Waals surface area contributed by atoms with Crippen molar-refractivity contribution >= 4 is 50.7 Å². The van der Waals surface area contributed by atoms with Crippen LogP contribution in [0.1, 0.15) is 44.2 Å². The number of aryl methyl sites for hydroxylation is 1. The van der Waals surface area contributed by atoms with Crippen LogP contribution in [0, 0.1) is 6.92 Å². The third-order valence-electron chi connectivity index (χ3n) is 6.54. The zero-order valence-corrected chi connectivity index (χ0v) is 25.3. The number of carbonyl (C=O) groups excluding carboxylic acids is 2. The fourth-order valence-corrected chi connectivity index (χ4v) is 5.93. The van der Waals surface area contributed by atoms with E-state index >= 15 is 0 Å². The van der Waals surface area contributed by atoms with E-state index in [1.54, 1.807) is 54.6 Å². The van der Waals surface area contributed by atoms with Gasteiger partial charge < -0.3 is 10.2 Å². The molecule has 7 nitrogen and oxygen atoms in total. The van der Waals surface area contributed by atoms with E-state index in [0.717, 1.165) is 28.3 Å². The van der Waals surface area contributed by atoms with Gasteiger partial charge in [0.1, 0.15) is 12.6 Å². The van der Waals surface area contributed by atoms with Crippen LogP contribution in [0.15, 0.2) is 77.7 Å². The Bertz CT molecular complexity index is 1400. The van der Waals surface area contributed by atoms with Crippen molar-refractivity contribution < 1.29 is 18.0 Å². The van der Waals surface area contributed by atoms with E-state index in [9.17, 15) is 18.0 Å². The van der Waals surface area contributed by atoms with E-state index in [1.807, 2.05) is 20.8 Å². The number of benzene rings is 3. The zero-order valence-electron chi connectivity index (χ0n) is 22.9. The van der Waals surface area contributed by atoms with Crippen LogP contribution in [0.2, 0.25) is 10.0 Å². The molecule has 2 amide bonds. The molecule has 1 atom stereocenters. The number of halogens is 2. The molecule has 3 rings (SSSR count). The van der Waals surface area contributed by atoms with Crippen molar-refractivity contribution in [3.8, 4) is 0 Å². The first-order chi connectivity index (χ1) is 19.1. The van der Waals surface area contributed by atoms with Crippen molar-refractivity contribution in [1.82, 2.24) is 10.2 Å². The van der Waals surface area contributed by atoms with Gasteiger partial charge in [-0.1, -0.05) is 79.9 Å². The van der Waals surface area contributed by atoms with Crippen LogP contribution >= 0.6 is 23.2 Å². The molecule has 0 radical (unpaired) electrons. The Morgan fingerprint density at radius 1 is 0.950 bits per heavy atom. The number of nitrogens with zero attached hydrogens (tertiary/aromatic N) is 2. The van der Waals surface area contributed by atoms with E-state index in [4.69, 9.17) is 23.2 Å². The minimum atomic E-state index is -4.15. The minimum absolute atomic E-state index is 0.0353. The predicted molar refractivity (Wildman–Crippen MR) is 161 cm³/mol.